The Bertz CT molecular complexity index is 509. The lowest BCUT2D eigenvalue weighted by atomic mass is 10.0. The molecule has 2 rings (SSSR count). The number of methoxy groups -OCH3 is 2. The lowest BCUT2D eigenvalue weighted by Gasteiger charge is -2.11. The fourth-order valence-corrected chi connectivity index (χ4v) is 1.72. The van der Waals surface area contributed by atoms with Crippen LogP contribution >= 0.6 is 0 Å². The van der Waals surface area contributed by atoms with Crippen molar-refractivity contribution in [1.82, 2.24) is 0 Å². The maximum Gasteiger partial charge on any atom is 0.138 e. The minimum Gasteiger partial charge on any atom is -0.497 e. The first-order chi connectivity index (χ1) is 8.26. The zero-order chi connectivity index (χ0) is 12.3. The molecule has 0 aliphatic heterocycles. The van der Waals surface area contributed by atoms with E-state index in [-0.39, 0.29) is 5.82 Å². The number of ether oxygens (including phenoxy) is 2. The molecule has 0 amide bonds. The van der Waals surface area contributed by atoms with E-state index in [1.165, 1.54) is 20.3 Å². The van der Waals surface area contributed by atoms with E-state index >= 15 is 0 Å². The normalized spacial score (nSPS) is 10.1. The molecule has 0 unspecified atom stereocenters. The molecule has 3 heteroatoms. The largest absolute Gasteiger partial charge is 0.497 e. The van der Waals surface area contributed by atoms with E-state index in [1.54, 1.807) is 6.07 Å². The van der Waals surface area contributed by atoms with Crippen molar-refractivity contribution in [3.05, 3.63) is 48.3 Å². The van der Waals surface area contributed by atoms with Crippen LogP contribution in [0, 0.1) is 5.82 Å². The lowest BCUT2D eigenvalue weighted by Crippen LogP contribution is -1.94. The third-order valence-electron chi connectivity index (χ3n) is 2.55. The highest BCUT2D eigenvalue weighted by Crippen LogP contribution is 2.35. The molecular weight excluding hydrogens is 219 g/mol. The van der Waals surface area contributed by atoms with Crippen LogP contribution < -0.4 is 9.47 Å². The van der Waals surface area contributed by atoms with E-state index in [9.17, 15) is 4.39 Å². The van der Waals surface area contributed by atoms with Crippen LogP contribution in [0.15, 0.2) is 42.5 Å². The minimum atomic E-state index is -0.354. The van der Waals surface area contributed by atoms with Crippen LogP contribution in [0.2, 0.25) is 0 Å². The Morgan fingerprint density at radius 2 is 1.65 bits per heavy atom. The molecule has 2 aromatic carbocycles. The van der Waals surface area contributed by atoms with E-state index in [2.05, 4.69) is 0 Å². The molecule has 2 aromatic rings. The molecule has 0 aliphatic rings. The van der Waals surface area contributed by atoms with Gasteiger partial charge in [-0.05, 0) is 5.56 Å². The van der Waals surface area contributed by atoms with Crippen LogP contribution in [0.5, 0.6) is 11.5 Å². The van der Waals surface area contributed by atoms with Crippen molar-refractivity contribution in [2.24, 2.45) is 0 Å². The first-order valence-electron chi connectivity index (χ1n) is 5.23. The van der Waals surface area contributed by atoms with Gasteiger partial charge in [0.05, 0.1) is 19.8 Å². The summed E-state index contributed by atoms with van der Waals surface area (Å²) in [6, 6.07) is 12.3. The third-order valence-corrected chi connectivity index (χ3v) is 2.55. The van der Waals surface area contributed by atoms with Gasteiger partial charge in [-0.2, -0.15) is 0 Å². The van der Waals surface area contributed by atoms with Crippen molar-refractivity contribution in [3.63, 3.8) is 0 Å². The van der Waals surface area contributed by atoms with Crippen molar-refractivity contribution in [3.8, 4) is 22.6 Å². The van der Waals surface area contributed by atoms with E-state index in [1.807, 2.05) is 30.3 Å². The van der Waals surface area contributed by atoms with Gasteiger partial charge in [0.15, 0.2) is 0 Å². The quantitative estimate of drug-likeness (QED) is 0.806. The number of benzene rings is 2. The number of hydrogen-bond acceptors (Lipinski definition) is 2. The predicted octanol–water partition coefficient (Wildman–Crippen LogP) is 3.51. The highest BCUT2D eigenvalue weighted by atomic mass is 19.1. The van der Waals surface area contributed by atoms with Gasteiger partial charge in [-0.1, -0.05) is 30.3 Å². The van der Waals surface area contributed by atoms with Crippen molar-refractivity contribution in [2.45, 2.75) is 0 Å². The molecule has 0 atom stereocenters. The molecule has 0 N–H and O–H groups in total. The molecule has 17 heavy (non-hydrogen) atoms. The molecule has 0 spiro atoms. The molecule has 0 aromatic heterocycles. The molecular formula is C14H13FO2. The highest BCUT2D eigenvalue weighted by Gasteiger charge is 2.13. The molecule has 0 bridgehead atoms. The van der Waals surface area contributed by atoms with Gasteiger partial charge < -0.3 is 9.47 Å². The van der Waals surface area contributed by atoms with Gasteiger partial charge in [-0.3, -0.25) is 0 Å². The summed E-state index contributed by atoms with van der Waals surface area (Å²) in [5, 5.41) is 0. The third kappa shape index (κ3) is 2.23. The van der Waals surface area contributed by atoms with Gasteiger partial charge in [0.2, 0.25) is 0 Å². The maximum atomic E-state index is 14.0. The molecule has 0 fully saturated rings. The second kappa shape index (κ2) is 4.87. The Balaban J connectivity index is 2.61. The topological polar surface area (TPSA) is 18.5 Å². The van der Waals surface area contributed by atoms with Crippen LogP contribution in [-0.4, -0.2) is 14.2 Å². The van der Waals surface area contributed by atoms with E-state index in [4.69, 9.17) is 9.47 Å². The Kier molecular flexibility index (Phi) is 3.28. The molecule has 0 aliphatic carbocycles. The van der Waals surface area contributed by atoms with Crippen LogP contribution in [0.25, 0.3) is 11.1 Å². The Morgan fingerprint density at radius 1 is 0.941 bits per heavy atom. The summed E-state index contributed by atoms with van der Waals surface area (Å²) in [4.78, 5) is 0. The molecule has 0 saturated carbocycles. The fourth-order valence-electron chi connectivity index (χ4n) is 1.72. The smallest absolute Gasteiger partial charge is 0.138 e. The molecule has 0 saturated heterocycles. The summed E-state index contributed by atoms with van der Waals surface area (Å²) in [5.74, 6) is 0.555. The van der Waals surface area contributed by atoms with Gasteiger partial charge >= 0.3 is 0 Å². The summed E-state index contributed by atoms with van der Waals surface area (Å²) < 4.78 is 24.2. The Labute approximate surface area is 99.6 Å². The van der Waals surface area contributed by atoms with Crippen LogP contribution in [0.1, 0.15) is 0 Å². The zero-order valence-electron chi connectivity index (χ0n) is 9.74. The summed E-state index contributed by atoms with van der Waals surface area (Å²) >= 11 is 0. The maximum absolute atomic E-state index is 14.0. The summed E-state index contributed by atoms with van der Waals surface area (Å²) in [6.45, 7) is 0. The molecule has 2 nitrogen and oxygen atoms in total. The van der Waals surface area contributed by atoms with Gasteiger partial charge in [0, 0.05) is 12.1 Å². The summed E-state index contributed by atoms with van der Waals surface area (Å²) in [7, 11) is 3.01. The standard InChI is InChI=1S/C14H13FO2/c1-16-11-8-12(15)14(13(9-11)17-2)10-6-4-3-5-7-10/h3-9H,1-2H3. The van der Waals surface area contributed by atoms with Crippen LogP contribution in [-0.2, 0) is 0 Å². The average Bonchev–Trinajstić information content (AvgIpc) is 2.38. The molecule has 0 radical (unpaired) electrons. The predicted molar refractivity (Wildman–Crippen MR) is 64.9 cm³/mol. The molecule has 88 valence electrons. The van der Waals surface area contributed by atoms with Crippen molar-refractivity contribution >= 4 is 0 Å². The van der Waals surface area contributed by atoms with Crippen LogP contribution in [0.4, 0.5) is 4.39 Å². The van der Waals surface area contributed by atoms with E-state index in [0.29, 0.717) is 17.1 Å². The van der Waals surface area contributed by atoms with Gasteiger partial charge in [0.1, 0.15) is 17.3 Å². The minimum absolute atomic E-state index is 0.354. The van der Waals surface area contributed by atoms with Crippen molar-refractivity contribution in [2.75, 3.05) is 14.2 Å². The molecule has 0 heterocycles. The highest BCUT2D eigenvalue weighted by molar-refractivity contribution is 5.72. The van der Waals surface area contributed by atoms with Gasteiger partial charge in [0.25, 0.3) is 0 Å². The number of rotatable bonds is 3. The van der Waals surface area contributed by atoms with Crippen LogP contribution in [0.3, 0.4) is 0 Å². The average molecular weight is 232 g/mol. The summed E-state index contributed by atoms with van der Waals surface area (Å²) in [6.07, 6.45) is 0. The van der Waals surface area contributed by atoms with Crippen molar-refractivity contribution < 1.29 is 13.9 Å². The lowest BCUT2D eigenvalue weighted by molar-refractivity contribution is 0.390. The van der Waals surface area contributed by atoms with Gasteiger partial charge in [-0.25, -0.2) is 4.39 Å². The fraction of sp³-hybridized carbons (Fsp3) is 0.143. The van der Waals surface area contributed by atoms with Gasteiger partial charge in [-0.15, -0.1) is 0 Å². The first-order valence-corrected chi connectivity index (χ1v) is 5.23. The Morgan fingerprint density at radius 3 is 2.24 bits per heavy atom. The van der Waals surface area contributed by atoms with E-state index < -0.39 is 0 Å². The SMILES string of the molecule is COc1cc(F)c(-c2ccccc2)c(OC)c1. The first kappa shape index (κ1) is 11.5. The summed E-state index contributed by atoms with van der Waals surface area (Å²) in [5.41, 5.74) is 1.23. The van der Waals surface area contributed by atoms with E-state index in [0.717, 1.165) is 5.56 Å². The second-order valence-electron chi connectivity index (χ2n) is 3.55. The zero-order valence-corrected chi connectivity index (χ0v) is 9.74. The number of hydrogen-bond donors (Lipinski definition) is 0. The van der Waals surface area contributed by atoms with Crippen molar-refractivity contribution in [1.29, 1.82) is 0 Å². The second-order valence-corrected chi connectivity index (χ2v) is 3.55. The Hall–Kier alpha value is -2.03. The monoisotopic (exact) mass is 232 g/mol. The number of halogens is 1.